The van der Waals surface area contributed by atoms with Gasteiger partial charge in [-0.2, -0.15) is 0 Å². The van der Waals surface area contributed by atoms with Crippen LogP contribution in [0.1, 0.15) is 0 Å². The van der Waals surface area contributed by atoms with Gasteiger partial charge in [-0.05, 0) is 80.8 Å². The van der Waals surface area contributed by atoms with Gasteiger partial charge in [0.05, 0.1) is 33.4 Å². The first kappa shape index (κ1) is 34.5. The van der Waals surface area contributed by atoms with Gasteiger partial charge in [0.25, 0.3) is 0 Å². The minimum absolute atomic E-state index is 0.610. The second-order valence-electron chi connectivity index (χ2n) is 16.0. The Morgan fingerprint density at radius 2 is 0.806 bits per heavy atom. The Hall–Kier alpha value is -8.41. The highest BCUT2D eigenvalue weighted by atomic mass is 15.1. The Morgan fingerprint density at radius 3 is 1.65 bits per heavy atom. The fraction of sp³-hybridized carbons (Fsp3) is 0. The van der Waals surface area contributed by atoms with Crippen LogP contribution >= 0.6 is 0 Å². The van der Waals surface area contributed by atoms with Crippen LogP contribution in [0.25, 0.3) is 121 Å². The van der Waals surface area contributed by atoms with Crippen LogP contribution < -0.4 is 0 Å². The maximum Gasteiger partial charge on any atom is 0.166 e. The van der Waals surface area contributed by atoms with E-state index in [2.05, 4.69) is 203 Å². The molecule has 0 bridgehead atoms. The molecule has 0 fully saturated rings. The minimum atomic E-state index is 0.610. The van der Waals surface area contributed by atoms with E-state index in [0.717, 1.165) is 49.9 Å². The number of rotatable bonds is 5. The van der Waals surface area contributed by atoms with Gasteiger partial charge >= 0.3 is 0 Å². The molecule has 0 N–H and O–H groups in total. The third-order valence-electron chi connectivity index (χ3n) is 12.5. The normalized spacial score (nSPS) is 11.9. The van der Waals surface area contributed by atoms with Gasteiger partial charge in [-0.15, -0.1) is 0 Å². The Kier molecular flexibility index (Phi) is 7.54. The van der Waals surface area contributed by atoms with E-state index in [1.807, 2.05) is 18.2 Å². The second kappa shape index (κ2) is 13.6. The second-order valence-corrected chi connectivity index (χ2v) is 16.0. The summed E-state index contributed by atoms with van der Waals surface area (Å²) in [7, 11) is 0. The largest absolute Gasteiger partial charge is 0.309 e. The zero-order chi connectivity index (χ0) is 40.7. The van der Waals surface area contributed by atoms with Gasteiger partial charge in [-0.25, -0.2) is 15.0 Å². The maximum atomic E-state index is 5.34. The first-order chi connectivity index (χ1) is 30.8. The fourth-order valence-corrected chi connectivity index (χ4v) is 9.79. The molecule has 0 aliphatic carbocycles. The number of nitrogens with zero attached hydrogens (tertiary/aromatic N) is 5. The predicted molar refractivity (Wildman–Crippen MR) is 257 cm³/mol. The zero-order valence-electron chi connectivity index (χ0n) is 33.4. The number of hydrogen-bond acceptors (Lipinski definition) is 3. The van der Waals surface area contributed by atoms with Crippen LogP contribution in [0.3, 0.4) is 0 Å². The molecule has 0 amide bonds. The molecule has 0 unspecified atom stereocenters. The van der Waals surface area contributed by atoms with Crippen molar-refractivity contribution in [2.24, 2.45) is 0 Å². The van der Waals surface area contributed by atoms with Crippen LogP contribution in [0.4, 0.5) is 0 Å². The van der Waals surface area contributed by atoms with Crippen molar-refractivity contribution >= 4 is 75.9 Å². The number of aromatic nitrogens is 5. The van der Waals surface area contributed by atoms with E-state index in [0.29, 0.717) is 17.5 Å². The zero-order valence-corrected chi connectivity index (χ0v) is 33.4. The van der Waals surface area contributed by atoms with Gasteiger partial charge < -0.3 is 9.13 Å². The molecule has 0 spiro atoms. The average Bonchev–Trinajstić information content (AvgIpc) is 3.86. The van der Waals surface area contributed by atoms with Crippen LogP contribution in [0.5, 0.6) is 0 Å². The molecule has 0 saturated heterocycles. The summed E-state index contributed by atoms with van der Waals surface area (Å²) >= 11 is 0. The summed E-state index contributed by atoms with van der Waals surface area (Å²) in [6, 6.07) is 75.7. The summed E-state index contributed by atoms with van der Waals surface area (Å²) in [6.07, 6.45) is 0. The van der Waals surface area contributed by atoms with Gasteiger partial charge in [0.2, 0.25) is 0 Å². The van der Waals surface area contributed by atoms with Crippen LogP contribution in [0, 0.1) is 0 Å². The van der Waals surface area contributed by atoms with Crippen molar-refractivity contribution in [3.63, 3.8) is 0 Å². The van der Waals surface area contributed by atoms with Crippen LogP contribution in [-0.2, 0) is 0 Å². The van der Waals surface area contributed by atoms with E-state index in [1.165, 1.54) is 54.1 Å². The Labute approximate surface area is 356 Å². The molecular weight excluding hydrogens is 755 g/mol. The van der Waals surface area contributed by atoms with Crippen molar-refractivity contribution in [2.45, 2.75) is 0 Å². The van der Waals surface area contributed by atoms with E-state index in [1.54, 1.807) is 0 Å². The van der Waals surface area contributed by atoms with Crippen molar-refractivity contribution in [3.8, 4) is 45.5 Å². The third-order valence-corrected chi connectivity index (χ3v) is 12.5. The van der Waals surface area contributed by atoms with Gasteiger partial charge in [-0.3, -0.25) is 0 Å². The number of para-hydroxylation sites is 2. The molecule has 62 heavy (non-hydrogen) atoms. The molecule has 10 aromatic carbocycles. The summed E-state index contributed by atoms with van der Waals surface area (Å²) in [5, 5.41) is 11.9. The molecule has 3 heterocycles. The molecule has 5 nitrogen and oxygen atoms in total. The lowest BCUT2D eigenvalue weighted by Crippen LogP contribution is -2.04. The smallest absolute Gasteiger partial charge is 0.166 e. The van der Waals surface area contributed by atoms with Crippen molar-refractivity contribution in [3.05, 3.63) is 212 Å². The van der Waals surface area contributed by atoms with Crippen molar-refractivity contribution < 1.29 is 0 Å². The van der Waals surface area contributed by atoms with E-state index < -0.39 is 0 Å². The SMILES string of the molecule is c1ccc(-c2nc(-c3ccccc3-n3c4cc5ccccc5cc4c4c(-n5c6ccccc6c6c7ccccc7ccc65)cccc43)nc(-c3cccc4ccccc34)n2)cc1. The predicted octanol–water partition coefficient (Wildman–Crippen LogP) is 14.5. The van der Waals surface area contributed by atoms with E-state index in [4.69, 9.17) is 15.0 Å². The lowest BCUT2D eigenvalue weighted by Gasteiger charge is -2.15. The fourth-order valence-electron chi connectivity index (χ4n) is 9.79. The monoisotopic (exact) mass is 789 g/mol. The number of benzene rings is 10. The number of hydrogen-bond donors (Lipinski definition) is 0. The quantitative estimate of drug-likeness (QED) is 0.174. The first-order valence-corrected chi connectivity index (χ1v) is 21.0. The molecule has 5 heteroatoms. The van der Waals surface area contributed by atoms with Crippen molar-refractivity contribution in [1.29, 1.82) is 0 Å². The molecule has 13 rings (SSSR count). The van der Waals surface area contributed by atoms with Crippen molar-refractivity contribution in [1.82, 2.24) is 24.1 Å². The molecular formula is C57H35N5. The van der Waals surface area contributed by atoms with E-state index in [-0.39, 0.29) is 0 Å². The molecule has 13 aromatic rings. The van der Waals surface area contributed by atoms with Gasteiger partial charge in [0, 0.05) is 38.2 Å². The summed E-state index contributed by atoms with van der Waals surface area (Å²) < 4.78 is 4.89. The maximum absolute atomic E-state index is 5.34. The standard InChI is InChI=1S/C57H35N5/c1-2-18-38(19-3-1)55-58-56(43-27-14-22-36-16-6-8-23-41(36)43)60-57(59-55)45-26-11-13-29-48(45)62-50-31-15-30-49(54(50)46-34-39-20-4-5-21-40(39)35-52(46)62)61-47-28-12-10-25-44(47)53-42-24-9-7-17-37(42)32-33-51(53)61/h1-35H. The molecule has 0 aliphatic rings. The van der Waals surface area contributed by atoms with Gasteiger partial charge in [0.1, 0.15) is 0 Å². The lowest BCUT2D eigenvalue weighted by molar-refractivity contribution is 1.07. The van der Waals surface area contributed by atoms with Gasteiger partial charge in [-0.1, -0.05) is 164 Å². The highest BCUT2D eigenvalue weighted by molar-refractivity contribution is 6.23. The van der Waals surface area contributed by atoms with Crippen LogP contribution in [0.2, 0.25) is 0 Å². The Morgan fingerprint density at radius 1 is 0.274 bits per heavy atom. The Balaban J connectivity index is 1.12. The van der Waals surface area contributed by atoms with Crippen molar-refractivity contribution in [2.75, 3.05) is 0 Å². The number of fused-ring (bicyclic) bond motifs is 10. The van der Waals surface area contributed by atoms with Crippen LogP contribution in [0.15, 0.2) is 212 Å². The topological polar surface area (TPSA) is 48.5 Å². The van der Waals surface area contributed by atoms with E-state index in [9.17, 15) is 0 Å². The molecule has 3 aromatic heterocycles. The summed E-state index contributed by atoms with van der Waals surface area (Å²) in [5.74, 6) is 1.87. The Bertz CT molecular complexity index is 3930. The first-order valence-electron chi connectivity index (χ1n) is 21.0. The summed E-state index contributed by atoms with van der Waals surface area (Å²) in [6.45, 7) is 0. The summed E-state index contributed by atoms with van der Waals surface area (Å²) in [4.78, 5) is 15.8. The molecule has 0 radical (unpaired) electrons. The molecule has 288 valence electrons. The highest BCUT2D eigenvalue weighted by Gasteiger charge is 2.23. The molecule has 0 aliphatic heterocycles. The highest BCUT2D eigenvalue weighted by Crippen LogP contribution is 2.44. The average molecular weight is 790 g/mol. The molecule has 0 saturated carbocycles. The van der Waals surface area contributed by atoms with Crippen LogP contribution in [-0.4, -0.2) is 24.1 Å². The third kappa shape index (κ3) is 5.18. The van der Waals surface area contributed by atoms with Gasteiger partial charge in [0.15, 0.2) is 17.5 Å². The molecule has 0 atom stereocenters. The summed E-state index contributed by atoms with van der Waals surface area (Å²) in [5.41, 5.74) is 9.49. The lowest BCUT2D eigenvalue weighted by atomic mass is 10.0. The minimum Gasteiger partial charge on any atom is -0.309 e. The van der Waals surface area contributed by atoms with E-state index >= 15 is 0 Å².